The molecule has 1 aromatic heterocycles. The van der Waals surface area contributed by atoms with Gasteiger partial charge in [0.25, 0.3) is 0 Å². The Kier molecular flexibility index (Phi) is 5.55. The quantitative estimate of drug-likeness (QED) is 0.422. The molecule has 1 amide bonds. The molecule has 0 saturated heterocycles. The number of rotatable bonds is 5. The van der Waals surface area contributed by atoms with E-state index in [1.165, 1.54) is 15.6 Å². The Morgan fingerprint density at radius 2 is 1.36 bits per heavy atom. The first-order valence-corrected chi connectivity index (χ1v) is 10.1. The lowest BCUT2D eigenvalue weighted by molar-refractivity contribution is -0.116. The summed E-state index contributed by atoms with van der Waals surface area (Å²) < 4.78 is 1.36. The van der Waals surface area contributed by atoms with Crippen LogP contribution in [0.4, 0.5) is 5.13 Å². The molecule has 0 atom stereocenters. The lowest BCUT2D eigenvalue weighted by Crippen LogP contribution is -2.22. The van der Waals surface area contributed by atoms with Crippen LogP contribution in [0.15, 0.2) is 91.0 Å². The Labute approximate surface area is 173 Å². The summed E-state index contributed by atoms with van der Waals surface area (Å²) in [7, 11) is 0. The van der Waals surface area contributed by atoms with E-state index < -0.39 is 0 Å². The van der Waals surface area contributed by atoms with Crippen molar-refractivity contribution < 1.29 is 4.79 Å². The van der Waals surface area contributed by atoms with Crippen LogP contribution in [0.2, 0.25) is 0 Å². The molecule has 0 unspecified atom stereocenters. The third-order valence-electron chi connectivity index (χ3n) is 4.31. The molecule has 3 nitrogen and oxygen atoms in total. The fourth-order valence-corrected chi connectivity index (χ4v) is 4.19. The first-order chi connectivity index (χ1) is 13.7. The van der Waals surface area contributed by atoms with E-state index in [9.17, 15) is 4.79 Å². The van der Waals surface area contributed by atoms with Gasteiger partial charge in [-0.05, 0) is 11.1 Å². The highest BCUT2D eigenvalue weighted by atomic mass is 32.1. The number of hydrogen-bond donors (Lipinski definition) is 1. The van der Waals surface area contributed by atoms with Crippen molar-refractivity contribution in [2.24, 2.45) is 0 Å². The largest absolute Gasteiger partial charge is 0.273 e. The number of nitrogens with zero attached hydrogens (tertiary/aromatic N) is 2. The van der Waals surface area contributed by atoms with Gasteiger partial charge in [-0.15, -0.1) is 0 Å². The smallest absolute Gasteiger partial charge is 0.243 e. The molecule has 0 bridgehead atoms. The Morgan fingerprint density at radius 3 is 1.96 bits per heavy atom. The van der Waals surface area contributed by atoms with Crippen molar-refractivity contribution in [1.29, 1.82) is 0 Å². The average molecular weight is 403 g/mol. The molecule has 4 aromatic rings. The van der Waals surface area contributed by atoms with Crippen LogP contribution in [0.25, 0.3) is 21.7 Å². The van der Waals surface area contributed by atoms with Gasteiger partial charge in [-0.1, -0.05) is 115 Å². The predicted molar refractivity (Wildman–Crippen MR) is 120 cm³/mol. The maximum absolute atomic E-state index is 12.7. The molecule has 28 heavy (non-hydrogen) atoms. The zero-order chi connectivity index (χ0) is 19.3. The summed E-state index contributed by atoms with van der Waals surface area (Å²) in [5, 5.41) is 0.571. The maximum atomic E-state index is 12.7. The van der Waals surface area contributed by atoms with Crippen molar-refractivity contribution in [3.8, 4) is 21.7 Å². The molecule has 5 heteroatoms. The van der Waals surface area contributed by atoms with Gasteiger partial charge >= 0.3 is 0 Å². The van der Waals surface area contributed by atoms with Crippen molar-refractivity contribution in [3.63, 3.8) is 0 Å². The summed E-state index contributed by atoms with van der Waals surface area (Å²) >= 11 is 5.93. The SMILES string of the molecule is O=C(Cc1ccccc1)N(S)c1nc(-c2ccccc2)c(-c2ccccc2)s1. The van der Waals surface area contributed by atoms with Gasteiger partial charge in [-0.25, -0.2) is 9.29 Å². The molecule has 1 heterocycles. The van der Waals surface area contributed by atoms with E-state index in [0.29, 0.717) is 5.13 Å². The Hall–Kier alpha value is -2.89. The van der Waals surface area contributed by atoms with E-state index in [4.69, 9.17) is 4.98 Å². The second kappa shape index (κ2) is 8.42. The molecule has 0 aliphatic carbocycles. The van der Waals surface area contributed by atoms with Crippen LogP contribution in [0.5, 0.6) is 0 Å². The third kappa shape index (κ3) is 4.01. The number of amides is 1. The molecule has 0 aliphatic heterocycles. The summed E-state index contributed by atoms with van der Waals surface area (Å²) in [6.07, 6.45) is 0.283. The summed E-state index contributed by atoms with van der Waals surface area (Å²) in [4.78, 5) is 18.5. The minimum atomic E-state index is -0.109. The first kappa shape index (κ1) is 18.5. The summed E-state index contributed by atoms with van der Waals surface area (Å²) in [6, 6.07) is 29.8. The third-order valence-corrected chi connectivity index (χ3v) is 5.95. The van der Waals surface area contributed by atoms with Gasteiger partial charge in [0.1, 0.15) is 0 Å². The van der Waals surface area contributed by atoms with Crippen LogP contribution in [0.3, 0.4) is 0 Å². The lowest BCUT2D eigenvalue weighted by atomic mass is 10.1. The molecule has 0 fully saturated rings. The van der Waals surface area contributed by atoms with Crippen molar-refractivity contribution in [2.45, 2.75) is 6.42 Å². The van der Waals surface area contributed by atoms with Crippen LogP contribution >= 0.6 is 24.2 Å². The van der Waals surface area contributed by atoms with E-state index in [1.54, 1.807) is 0 Å². The zero-order valence-corrected chi connectivity index (χ0v) is 16.7. The lowest BCUT2D eigenvalue weighted by Gasteiger charge is -2.11. The fraction of sp³-hybridized carbons (Fsp3) is 0.0435. The van der Waals surface area contributed by atoms with Crippen LogP contribution in [-0.2, 0) is 11.2 Å². The summed E-state index contributed by atoms with van der Waals surface area (Å²) in [5.74, 6) is -0.109. The highest BCUT2D eigenvalue weighted by Gasteiger charge is 2.21. The Balaban J connectivity index is 1.70. The number of thiazole rings is 1. The van der Waals surface area contributed by atoms with Crippen LogP contribution in [0.1, 0.15) is 5.56 Å². The van der Waals surface area contributed by atoms with Gasteiger partial charge in [0.05, 0.1) is 17.0 Å². The number of carbonyl (C=O) groups excluding carboxylic acids is 1. The number of benzene rings is 3. The maximum Gasteiger partial charge on any atom is 0.243 e. The van der Waals surface area contributed by atoms with E-state index in [0.717, 1.165) is 27.3 Å². The van der Waals surface area contributed by atoms with Gasteiger partial charge < -0.3 is 0 Å². The number of aromatic nitrogens is 1. The average Bonchev–Trinajstić information content (AvgIpc) is 3.20. The van der Waals surface area contributed by atoms with Crippen molar-refractivity contribution >= 4 is 35.2 Å². The van der Waals surface area contributed by atoms with Gasteiger partial charge in [0, 0.05) is 5.56 Å². The molecule has 0 radical (unpaired) electrons. The number of carbonyl (C=O) groups is 1. The van der Waals surface area contributed by atoms with Crippen molar-refractivity contribution in [1.82, 2.24) is 4.98 Å². The molecular weight excluding hydrogens is 384 g/mol. The van der Waals surface area contributed by atoms with Crippen molar-refractivity contribution in [3.05, 3.63) is 96.6 Å². The van der Waals surface area contributed by atoms with Gasteiger partial charge in [0.15, 0.2) is 0 Å². The van der Waals surface area contributed by atoms with E-state index in [1.807, 2.05) is 78.9 Å². The highest BCUT2D eigenvalue weighted by Crippen LogP contribution is 2.40. The molecule has 3 aromatic carbocycles. The molecule has 0 aliphatic rings. The van der Waals surface area contributed by atoms with E-state index in [2.05, 4.69) is 24.9 Å². The molecule has 0 spiro atoms. The highest BCUT2D eigenvalue weighted by molar-refractivity contribution is 7.83. The van der Waals surface area contributed by atoms with E-state index in [-0.39, 0.29) is 12.3 Å². The summed E-state index contributed by atoms with van der Waals surface area (Å²) in [6.45, 7) is 0. The second-order valence-electron chi connectivity index (χ2n) is 6.27. The van der Waals surface area contributed by atoms with Crippen LogP contribution in [0, 0.1) is 0 Å². The van der Waals surface area contributed by atoms with Crippen molar-refractivity contribution in [2.75, 3.05) is 4.31 Å². The van der Waals surface area contributed by atoms with Gasteiger partial charge in [-0.3, -0.25) is 4.79 Å². The summed E-state index contributed by atoms with van der Waals surface area (Å²) in [5.41, 5.74) is 3.90. The minimum absolute atomic E-state index is 0.109. The fourth-order valence-electron chi connectivity index (χ4n) is 2.93. The monoisotopic (exact) mass is 402 g/mol. The zero-order valence-electron chi connectivity index (χ0n) is 15.0. The number of anilines is 1. The first-order valence-electron chi connectivity index (χ1n) is 8.90. The standard InChI is InChI=1S/C23H18N2OS2/c26-20(16-17-10-4-1-5-11-17)25(27)23-24-21(18-12-6-2-7-13-18)22(28-23)19-14-8-3-9-15-19/h1-15,27H,16H2. The molecule has 0 N–H and O–H groups in total. The second-order valence-corrected chi connectivity index (χ2v) is 7.65. The van der Waals surface area contributed by atoms with Crippen LogP contribution < -0.4 is 4.31 Å². The molecular formula is C23H18N2OS2. The number of thiol groups is 1. The molecule has 0 saturated carbocycles. The number of hydrogen-bond acceptors (Lipinski definition) is 4. The van der Waals surface area contributed by atoms with Gasteiger partial charge in [-0.2, -0.15) is 0 Å². The molecule has 138 valence electrons. The van der Waals surface area contributed by atoms with E-state index >= 15 is 0 Å². The Morgan fingerprint density at radius 1 is 0.821 bits per heavy atom. The van der Waals surface area contributed by atoms with Crippen LogP contribution in [-0.4, -0.2) is 10.9 Å². The predicted octanol–water partition coefficient (Wildman–Crippen LogP) is 5.90. The molecule has 4 rings (SSSR count). The normalized spacial score (nSPS) is 10.6. The van der Waals surface area contributed by atoms with Gasteiger partial charge in [0.2, 0.25) is 11.0 Å². The topological polar surface area (TPSA) is 33.2 Å². The minimum Gasteiger partial charge on any atom is -0.273 e. The Bertz CT molecular complexity index is 1010.